The number of aromatic nitrogens is 2. The maximum atomic E-state index is 12.4. The standard InChI is InChI=1S/C16H19N5O3/c1-12-2-4-13(5-3-12)11-19-6-8-20(9-7-19)16(22)15-14(21(23)24)10-17-18-15/h2-5,10H,6-9,11H2,1H3,(H,17,18). The molecule has 1 aliphatic heterocycles. The molecule has 1 amide bonds. The molecule has 0 radical (unpaired) electrons. The lowest BCUT2D eigenvalue weighted by Gasteiger charge is -2.34. The lowest BCUT2D eigenvalue weighted by Crippen LogP contribution is -2.48. The van der Waals surface area contributed by atoms with Gasteiger partial charge in [0.15, 0.2) is 0 Å². The first-order valence-electron chi connectivity index (χ1n) is 7.79. The van der Waals surface area contributed by atoms with Gasteiger partial charge in [0.05, 0.1) is 4.92 Å². The Balaban J connectivity index is 1.58. The maximum absolute atomic E-state index is 12.4. The highest BCUT2D eigenvalue weighted by molar-refractivity contribution is 5.96. The van der Waals surface area contributed by atoms with Crippen molar-refractivity contribution in [3.05, 3.63) is 57.4 Å². The second kappa shape index (κ2) is 6.79. The van der Waals surface area contributed by atoms with Crippen molar-refractivity contribution in [3.8, 4) is 0 Å². The molecule has 3 rings (SSSR count). The molecular formula is C16H19N5O3. The number of hydrogen-bond acceptors (Lipinski definition) is 5. The van der Waals surface area contributed by atoms with Gasteiger partial charge in [-0.05, 0) is 12.5 Å². The highest BCUT2D eigenvalue weighted by Crippen LogP contribution is 2.18. The third-order valence-corrected chi connectivity index (χ3v) is 4.22. The average Bonchev–Trinajstić information content (AvgIpc) is 3.07. The lowest BCUT2D eigenvalue weighted by molar-refractivity contribution is -0.385. The summed E-state index contributed by atoms with van der Waals surface area (Å²) in [5.41, 5.74) is 2.15. The van der Waals surface area contributed by atoms with E-state index in [1.165, 1.54) is 11.1 Å². The van der Waals surface area contributed by atoms with E-state index in [4.69, 9.17) is 0 Å². The molecule has 1 aromatic carbocycles. The predicted molar refractivity (Wildman–Crippen MR) is 87.6 cm³/mol. The number of nitrogens with one attached hydrogen (secondary N) is 1. The monoisotopic (exact) mass is 329 g/mol. The Morgan fingerprint density at radius 3 is 2.54 bits per heavy atom. The van der Waals surface area contributed by atoms with E-state index in [1.807, 2.05) is 0 Å². The molecule has 2 aromatic rings. The molecule has 126 valence electrons. The normalized spacial score (nSPS) is 15.5. The van der Waals surface area contributed by atoms with Crippen molar-refractivity contribution < 1.29 is 9.72 Å². The number of amides is 1. The molecule has 1 saturated heterocycles. The largest absolute Gasteiger partial charge is 0.335 e. The Bertz CT molecular complexity index is 732. The number of aryl methyl sites for hydroxylation is 1. The van der Waals surface area contributed by atoms with Crippen LogP contribution in [0.2, 0.25) is 0 Å². The molecule has 1 aromatic heterocycles. The zero-order valence-electron chi connectivity index (χ0n) is 13.4. The van der Waals surface area contributed by atoms with E-state index in [0.717, 1.165) is 25.8 Å². The van der Waals surface area contributed by atoms with Crippen LogP contribution in [0.25, 0.3) is 0 Å². The maximum Gasteiger partial charge on any atom is 0.319 e. The van der Waals surface area contributed by atoms with E-state index < -0.39 is 4.92 Å². The third-order valence-electron chi connectivity index (χ3n) is 4.22. The fraction of sp³-hybridized carbons (Fsp3) is 0.375. The highest BCUT2D eigenvalue weighted by atomic mass is 16.6. The number of nitrogens with zero attached hydrogens (tertiary/aromatic N) is 4. The Hall–Kier alpha value is -2.74. The summed E-state index contributed by atoms with van der Waals surface area (Å²) >= 11 is 0. The second-order valence-electron chi connectivity index (χ2n) is 5.94. The zero-order chi connectivity index (χ0) is 17.1. The first-order chi connectivity index (χ1) is 11.5. The summed E-state index contributed by atoms with van der Waals surface area (Å²) in [5, 5.41) is 17.0. The predicted octanol–water partition coefficient (Wildman–Crippen LogP) is 1.58. The smallest absolute Gasteiger partial charge is 0.319 e. The molecule has 0 bridgehead atoms. The van der Waals surface area contributed by atoms with Crippen LogP contribution in [0.3, 0.4) is 0 Å². The van der Waals surface area contributed by atoms with E-state index in [9.17, 15) is 14.9 Å². The Labute approximate surface area is 139 Å². The summed E-state index contributed by atoms with van der Waals surface area (Å²) < 4.78 is 0. The van der Waals surface area contributed by atoms with Gasteiger partial charge in [-0.3, -0.25) is 24.9 Å². The SMILES string of the molecule is Cc1ccc(CN2CCN(C(=O)c3[nH]ncc3[N+](=O)[O-])CC2)cc1. The van der Waals surface area contributed by atoms with Crippen LogP contribution < -0.4 is 0 Å². The van der Waals surface area contributed by atoms with Crippen LogP contribution >= 0.6 is 0 Å². The van der Waals surface area contributed by atoms with Gasteiger partial charge < -0.3 is 4.90 Å². The first-order valence-corrected chi connectivity index (χ1v) is 7.79. The van der Waals surface area contributed by atoms with Crippen molar-refractivity contribution in [3.63, 3.8) is 0 Å². The van der Waals surface area contributed by atoms with Crippen molar-refractivity contribution in [2.75, 3.05) is 26.2 Å². The highest BCUT2D eigenvalue weighted by Gasteiger charge is 2.29. The Morgan fingerprint density at radius 2 is 1.92 bits per heavy atom. The number of hydrogen-bond donors (Lipinski definition) is 1. The molecule has 0 saturated carbocycles. The number of benzene rings is 1. The van der Waals surface area contributed by atoms with Crippen molar-refractivity contribution in [1.29, 1.82) is 0 Å². The number of rotatable bonds is 4. The van der Waals surface area contributed by atoms with Crippen molar-refractivity contribution >= 4 is 11.6 Å². The number of carbonyl (C=O) groups excluding carboxylic acids is 1. The summed E-state index contributed by atoms with van der Waals surface area (Å²) in [4.78, 5) is 26.6. The molecule has 8 nitrogen and oxygen atoms in total. The molecule has 8 heteroatoms. The van der Waals surface area contributed by atoms with Gasteiger partial charge >= 0.3 is 5.69 Å². The minimum absolute atomic E-state index is 0.0491. The molecule has 0 spiro atoms. The minimum atomic E-state index is -0.593. The molecule has 1 N–H and O–H groups in total. The van der Waals surface area contributed by atoms with E-state index >= 15 is 0 Å². The van der Waals surface area contributed by atoms with Gasteiger partial charge in [-0.2, -0.15) is 5.10 Å². The molecule has 1 fully saturated rings. The summed E-state index contributed by atoms with van der Waals surface area (Å²) in [7, 11) is 0. The average molecular weight is 329 g/mol. The number of aromatic amines is 1. The summed E-state index contributed by atoms with van der Waals surface area (Å²) in [6, 6.07) is 8.40. The first kappa shape index (κ1) is 16.1. The Kier molecular flexibility index (Phi) is 4.57. The zero-order valence-corrected chi connectivity index (χ0v) is 13.4. The van der Waals surface area contributed by atoms with Crippen molar-refractivity contribution in [2.45, 2.75) is 13.5 Å². The quantitative estimate of drug-likeness (QED) is 0.679. The number of H-pyrrole nitrogens is 1. The fourth-order valence-corrected chi connectivity index (χ4v) is 2.79. The van der Waals surface area contributed by atoms with Gasteiger partial charge in [-0.15, -0.1) is 0 Å². The molecule has 24 heavy (non-hydrogen) atoms. The molecule has 0 unspecified atom stereocenters. The van der Waals surface area contributed by atoms with Gasteiger partial charge in [-0.1, -0.05) is 29.8 Å². The number of nitro groups is 1. The van der Waals surface area contributed by atoms with Crippen LogP contribution in [0.15, 0.2) is 30.5 Å². The van der Waals surface area contributed by atoms with E-state index in [1.54, 1.807) is 4.90 Å². The Morgan fingerprint density at radius 1 is 1.25 bits per heavy atom. The second-order valence-corrected chi connectivity index (χ2v) is 5.94. The summed E-state index contributed by atoms with van der Waals surface area (Å²) in [6.07, 6.45) is 1.07. The number of carbonyl (C=O) groups is 1. The fourth-order valence-electron chi connectivity index (χ4n) is 2.79. The number of piperazine rings is 1. The van der Waals surface area contributed by atoms with Gasteiger partial charge in [0, 0.05) is 32.7 Å². The van der Waals surface area contributed by atoms with Gasteiger partial charge in [0.2, 0.25) is 5.69 Å². The summed E-state index contributed by atoms with van der Waals surface area (Å²) in [6.45, 7) is 5.46. The van der Waals surface area contributed by atoms with Gasteiger partial charge in [0.1, 0.15) is 6.20 Å². The molecule has 0 aliphatic carbocycles. The van der Waals surface area contributed by atoms with E-state index in [2.05, 4.69) is 46.3 Å². The molecule has 2 heterocycles. The van der Waals surface area contributed by atoms with E-state index in [-0.39, 0.29) is 17.3 Å². The third kappa shape index (κ3) is 3.43. The van der Waals surface area contributed by atoms with Crippen LogP contribution in [0, 0.1) is 17.0 Å². The van der Waals surface area contributed by atoms with Crippen molar-refractivity contribution in [2.24, 2.45) is 0 Å². The summed E-state index contributed by atoms with van der Waals surface area (Å²) in [5.74, 6) is -0.366. The van der Waals surface area contributed by atoms with Crippen LogP contribution in [0.5, 0.6) is 0 Å². The van der Waals surface area contributed by atoms with Gasteiger partial charge in [-0.25, -0.2) is 0 Å². The van der Waals surface area contributed by atoms with Gasteiger partial charge in [0.25, 0.3) is 5.91 Å². The topological polar surface area (TPSA) is 95.4 Å². The lowest BCUT2D eigenvalue weighted by atomic mass is 10.1. The molecule has 0 atom stereocenters. The molecular weight excluding hydrogens is 310 g/mol. The van der Waals surface area contributed by atoms with E-state index in [0.29, 0.717) is 13.1 Å². The minimum Gasteiger partial charge on any atom is -0.335 e. The van der Waals surface area contributed by atoms with Crippen LogP contribution in [0.1, 0.15) is 21.6 Å². The van der Waals surface area contributed by atoms with Crippen molar-refractivity contribution in [1.82, 2.24) is 20.0 Å². The van der Waals surface area contributed by atoms with Crippen LogP contribution in [-0.2, 0) is 6.54 Å². The van der Waals surface area contributed by atoms with Crippen LogP contribution in [0.4, 0.5) is 5.69 Å². The van der Waals surface area contributed by atoms with Crippen LogP contribution in [-0.4, -0.2) is 57.0 Å². The molecule has 1 aliphatic rings.